The van der Waals surface area contributed by atoms with Crippen molar-refractivity contribution in [2.45, 2.75) is 36.7 Å². The predicted octanol–water partition coefficient (Wildman–Crippen LogP) is 2.54. The number of ether oxygens (including phenoxy) is 1. The van der Waals surface area contributed by atoms with Crippen molar-refractivity contribution in [1.29, 1.82) is 0 Å². The fourth-order valence-corrected chi connectivity index (χ4v) is 5.58. The maximum atomic E-state index is 13.1. The number of fused-ring (bicyclic) bond motifs is 1. The van der Waals surface area contributed by atoms with Crippen LogP contribution in [0.1, 0.15) is 25.7 Å². The molecule has 2 saturated heterocycles. The number of nitrogens with zero attached hydrogens (tertiary/aromatic N) is 1. The minimum atomic E-state index is -3.62. The molecule has 2 aliphatic rings. The van der Waals surface area contributed by atoms with Crippen LogP contribution in [0, 0.1) is 5.92 Å². The lowest BCUT2D eigenvalue weighted by molar-refractivity contribution is -0.126. The van der Waals surface area contributed by atoms with Crippen LogP contribution in [0.2, 0.25) is 0 Å². The lowest BCUT2D eigenvalue weighted by atomic mass is 9.99. The van der Waals surface area contributed by atoms with Gasteiger partial charge < -0.3 is 10.1 Å². The molecule has 150 valence electrons. The molecule has 0 unspecified atom stereocenters. The number of carbonyl (C=O) groups excluding carboxylic acids is 1. The van der Waals surface area contributed by atoms with Gasteiger partial charge in [-0.05, 0) is 48.6 Å². The van der Waals surface area contributed by atoms with Gasteiger partial charge in [-0.25, -0.2) is 8.42 Å². The van der Waals surface area contributed by atoms with Gasteiger partial charge >= 0.3 is 0 Å². The third-order valence-corrected chi connectivity index (χ3v) is 7.50. The van der Waals surface area contributed by atoms with E-state index in [9.17, 15) is 13.2 Å². The van der Waals surface area contributed by atoms with Crippen LogP contribution in [0.15, 0.2) is 47.4 Å². The van der Waals surface area contributed by atoms with Crippen molar-refractivity contribution in [2.24, 2.45) is 5.92 Å². The molecule has 2 fully saturated rings. The minimum Gasteiger partial charge on any atom is -0.376 e. The van der Waals surface area contributed by atoms with Gasteiger partial charge in [0.2, 0.25) is 15.9 Å². The molecule has 0 radical (unpaired) electrons. The molecule has 2 aromatic rings. The monoisotopic (exact) mass is 402 g/mol. The molecule has 0 spiro atoms. The Bertz CT molecular complexity index is 954. The zero-order chi connectivity index (χ0) is 19.6. The highest BCUT2D eigenvalue weighted by molar-refractivity contribution is 7.89. The molecule has 2 aliphatic heterocycles. The summed E-state index contributed by atoms with van der Waals surface area (Å²) in [4.78, 5) is 12.8. The van der Waals surface area contributed by atoms with Crippen LogP contribution in [0.5, 0.6) is 0 Å². The molecule has 1 N–H and O–H groups in total. The lowest BCUT2D eigenvalue weighted by Crippen LogP contribution is -2.46. The number of hydrogen-bond acceptors (Lipinski definition) is 4. The summed E-state index contributed by atoms with van der Waals surface area (Å²) in [6, 6.07) is 12.9. The average Bonchev–Trinajstić information content (AvgIpc) is 3.25. The number of benzene rings is 2. The predicted molar refractivity (Wildman–Crippen MR) is 107 cm³/mol. The Morgan fingerprint density at radius 2 is 1.93 bits per heavy atom. The van der Waals surface area contributed by atoms with E-state index in [2.05, 4.69) is 5.32 Å². The summed E-state index contributed by atoms with van der Waals surface area (Å²) >= 11 is 0. The van der Waals surface area contributed by atoms with E-state index in [4.69, 9.17) is 4.74 Å². The Labute approximate surface area is 165 Å². The molecule has 7 heteroatoms. The molecule has 0 aliphatic carbocycles. The van der Waals surface area contributed by atoms with Crippen molar-refractivity contribution >= 4 is 26.7 Å². The molecule has 2 aromatic carbocycles. The molecular formula is C21H26N2O4S. The molecule has 28 heavy (non-hydrogen) atoms. The van der Waals surface area contributed by atoms with E-state index in [0.717, 1.165) is 30.2 Å². The van der Waals surface area contributed by atoms with Crippen LogP contribution < -0.4 is 5.32 Å². The van der Waals surface area contributed by atoms with E-state index < -0.39 is 10.0 Å². The van der Waals surface area contributed by atoms with Crippen LogP contribution >= 0.6 is 0 Å². The second-order valence-electron chi connectivity index (χ2n) is 7.59. The first-order valence-corrected chi connectivity index (χ1v) is 11.4. The van der Waals surface area contributed by atoms with Crippen molar-refractivity contribution < 1.29 is 17.9 Å². The van der Waals surface area contributed by atoms with Crippen LogP contribution in [-0.4, -0.2) is 51.0 Å². The number of rotatable bonds is 5. The molecule has 2 atom stereocenters. The van der Waals surface area contributed by atoms with Gasteiger partial charge in [-0.15, -0.1) is 0 Å². The van der Waals surface area contributed by atoms with Gasteiger partial charge in [0.15, 0.2) is 0 Å². The van der Waals surface area contributed by atoms with Crippen LogP contribution in [0.3, 0.4) is 0 Å². The number of nitrogens with one attached hydrogen (secondary N) is 1. The third-order valence-electron chi connectivity index (χ3n) is 5.64. The quantitative estimate of drug-likeness (QED) is 0.834. The van der Waals surface area contributed by atoms with E-state index in [1.165, 1.54) is 4.31 Å². The fourth-order valence-electron chi connectivity index (χ4n) is 4.02. The fraction of sp³-hybridized carbons (Fsp3) is 0.476. The maximum Gasteiger partial charge on any atom is 0.243 e. The number of hydrogen-bond donors (Lipinski definition) is 1. The molecule has 0 aromatic heterocycles. The Kier molecular flexibility index (Phi) is 5.66. The van der Waals surface area contributed by atoms with Gasteiger partial charge in [0, 0.05) is 26.2 Å². The molecule has 0 bridgehead atoms. The molecule has 1 amide bonds. The van der Waals surface area contributed by atoms with E-state index >= 15 is 0 Å². The number of piperidine rings is 1. The topological polar surface area (TPSA) is 75.7 Å². The van der Waals surface area contributed by atoms with Crippen LogP contribution in [0.4, 0.5) is 0 Å². The van der Waals surface area contributed by atoms with Crippen LogP contribution in [-0.2, 0) is 19.6 Å². The van der Waals surface area contributed by atoms with Gasteiger partial charge in [0.25, 0.3) is 0 Å². The second-order valence-corrected chi connectivity index (χ2v) is 9.53. The van der Waals surface area contributed by atoms with E-state index in [1.54, 1.807) is 12.1 Å². The summed E-state index contributed by atoms with van der Waals surface area (Å²) in [7, 11) is -3.62. The first-order chi connectivity index (χ1) is 13.5. The van der Waals surface area contributed by atoms with Crippen LogP contribution in [0.25, 0.3) is 10.8 Å². The number of carbonyl (C=O) groups is 1. The summed E-state index contributed by atoms with van der Waals surface area (Å²) in [5, 5.41) is 4.85. The highest BCUT2D eigenvalue weighted by Crippen LogP contribution is 2.26. The highest BCUT2D eigenvalue weighted by atomic mass is 32.2. The summed E-state index contributed by atoms with van der Waals surface area (Å²) in [5.74, 6) is -0.390. The third kappa shape index (κ3) is 4.06. The summed E-state index contributed by atoms with van der Waals surface area (Å²) in [6.45, 7) is 1.94. The Balaban J connectivity index is 1.45. The molecular weight excluding hydrogens is 376 g/mol. The average molecular weight is 403 g/mol. The standard InChI is InChI=1S/C21H26N2O4S/c24-21(22-14-19-8-4-12-27-19)18-7-3-11-23(15-18)28(25,26)20-10-9-16-5-1-2-6-17(16)13-20/h1-2,5-6,9-10,13,18-19H,3-4,7-8,11-12,14-15H2,(H,22,24)/t18-,19-/m1/s1. The summed E-state index contributed by atoms with van der Waals surface area (Å²) in [6.07, 6.45) is 3.48. The summed E-state index contributed by atoms with van der Waals surface area (Å²) < 4.78 is 33.3. The van der Waals surface area contributed by atoms with Crippen molar-refractivity contribution in [2.75, 3.05) is 26.2 Å². The van der Waals surface area contributed by atoms with E-state index in [-0.39, 0.29) is 29.4 Å². The highest BCUT2D eigenvalue weighted by Gasteiger charge is 2.33. The molecule has 2 heterocycles. The summed E-state index contributed by atoms with van der Waals surface area (Å²) in [5.41, 5.74) is 0. The van der Waals surface area contributed by atoms with Gasteiger partial charge in [0.05, 0.1) is 16.9 Å². The second kappa shape index (κ2) is 8.19. The minimum absolute atomic E-state index is 0.0751. The van der Waals surface area contributed by atoms with Gasteiger partial charge in [-0.2, -0.15) is 4.31 Å². The van der Waals surface area contributed by atoms with Gasteiger partial charge in [0.1, 0.15) is 0 Å². The number of amides is 1. The zero-order valence-electron chi connectivity index (χ0n) is 15.8. The zero-order valence-corrected chi connectivity index (χ0v) is 16.7. The Morgan fingerprint density at radius 1 is 1.11 bits per heavy atom. The molecule has 0 saturated carbocycles. The van der Waals surface area contributed by atoms with Gasteiger partial charge in [-0.1, -0.05) is 30.3 Å². The maximum absolute atomic E-state index is 13.1. The first kappa shape index (κ1) is 19.4. The molecule has 6 nitrogen and oxygen atoms in total. The SMILES string of the molecule is O=C(NC[C@H]1CCCO1)[C@@H]1CCCN(S(=O)(=O)c2ccc3ccccc3c2)C1. The Morgan fingerprint density at radius 3 is 2.71 bits per heavy atom. The lowest BCUT2D eigenvalue weighted by Gasteiger charge is -2.31. The molecule has 4 rings (SSSR count). The van der Waals surface area contributed by atoms with Crippen molar-refractivity contribution in [3.63, 3.8) is 0 Å². The smallest absolute Gasteiger partial charge is 0.243 e. The van der Waals surface area contributed by atoms with Crippen molar-refractivity contribution in [3.05, 3.63) is 42.5 Å². The van der Waals surface area contributed by atoms with Crippen molar-refractivity contribution in [3.8, 4) is 0 Å². The normalized spacial score (nSPS) is 23.7. The largest absolute Gasteiger partial charge is 0.376 e. The van der Waals surface area contributed by atoms with E-state index in [1.807, 2.05) is 30.3 Å². The van der Waals surface area contributed by atoms with Crippen molar-refractivity contribution in [1.82, 2.24) is 9.62 Å². The van der Waals surface area contributed by atoms with E-state index in [0.29, 0.717) is 25.9 Å². The first-order valence-electron chi connectivity index (χ1n) is 9.92. The van der Waals surface area contributed by atoms with Gasteiger partial charge in [-0.3, -0.25) is 4.79 Å². The Hall–Kier alpha value is -1.96. The number of sulfonamides is 1.